The summed E-state index contributed by atoms with van der Waals surface area (Å²) in [6.45, 7) is 1.79. The molecule has 0 atom stereocenters. The van der Waals surface area contributed by atoms with E-state index in [2.05, 4.69) is 9.88 Å². The van der Waals surface area contributed by atoms with Crippen molar-refractivity contribution in [3.63, 3.8) is 0 Å². The van der Waals surface area contributed by atoms with Crippen LogP contribution in [0.3, 0.4) is 0 Å². The Morgan fingerprint density at radius 2 is 2.00 bits per heavy atom. The van der Waals surface area contributed by atoms with Gasteiger partial charge in [-0.1, -0.05) is 0 Å². The van der Waals surface area contributed by atoms with E-state index in [1.165, 1.54) is 0 Å². The predicted octanol–water partition coefficient (Wildman–Crippen LogP) is 2.03. The molecular weight excluding hydrogens is 250 g/mol. The minimum absolute atomic E-state index is 0.0734. The van der Waals surface area contributed by atoms with Crippen molar-refractivity contribution in [2.45, 2.75) is 31.7 Å². The molecule has 2 fully saturated rings. The summed E-state index contributed by atoms with van der Waals surface area (Å²) in [5.41, 5.74) is 0.0734. The van der Waals surface area contributed by atoms with Crippen LogP contribution in [0.1, 0.15) is 31.7 Å². The van der Waals surface area contributed by atoms with E-state index >= 15 is 0 Å². The number of rotatable bonds is 3. The second-order valence-electron chi connectivity index (χ2n) is 5.28. The van der Waals surface area contributed by atoms with Gasteiger partial charge < -0.3 is 9.47 Å². The van der Waals surface area contributed by atoms with Crippen LogP contribution >= 0.6 is 11.6 Å². The Balaban J connectivity index is 1.80. The first kappa shape index (κ1) is 12.0. The maximum Gasteiger partial charge on any atom is 0.293 e. The largest absolute Gasteiger partial charge is 0.352 e. The summed E-state index contributed by atoms with van der Waals surface area (Å²) in [4.78, 5) is 18.7. The number of piperidine rings is 1. The third kappa shape index (κ3) is 2.26. The summed E-state index contributed by atoms with van der Waals surface area (Å²) in [6, 6.07) is 0.416. The van der Waals surface area contributed by atoms with Gasteiger partial charge >= 0.3 is 0 Å². The van der Waals surface area contributed by atoms with E-state index in [1.54, 1.807) is 6.20 Å². The molecule has 0 aromatic carbocycles. The lowest BCUT2D eigenvalue weighted by molar-refractivity contribution is 0.439. The molecule has 3 rings (SSSR count). The summed E-state index contributed by atoms with van der Waals surface area (Å²) in [6.07, 6.45) is 7.93. The zero-order valence-corrected chi connectivity index (χ0v) is 11.1. The van der Waals surface area contributed by atoms with Gasteiger partial charge in [0.1, 0.15) is 0 Å². The number of hydrogen-bond donors (Lipinski definition) is 0. The number of anilines is 1. The molecule has 0 spiro atoms. The van der Waals surface area contributed by atoms with Gasteiger partial charge in [-0.05, 0) is 31.6 Å². The standard InChI is InChI=1S/C13H18ClN3O/c14-9-10-3-6-16(7-4-10)12-13(18)17(8-5-15-12)11-1-2-11/h5,8,10-11H,1-4,6-7,9H2. The molecule has 2 aliphatic rings. The first-order valence-electron chi connectivity index (χ1n) is 6.67. The van der Waals surface area contributed by atoms with Crippen molar-refractivity contribution in [3.05, 3.63) is 22.7 Å². The van der Waals surface area contributed by atoms with E-state index in [0.717, 1.165) is 44.7 Å². The van der Waals surface area contributed by atoms with Crippen molar-refractivity contribution in [1.29, 1.82) is 0 Å². The van der Waals surface area contributed by atoms with Crippen molar-refractivity contribution in [3.8, 4) is 0 Å². The second kappa shape index (κ2) is 4.92. The fourth-order valence-electron chi connectivity index (χ4n) is 2.57. The molecule has 1 aromatic rings. The molecule has 4 nitrogen and oxygen atoms in total. The molecule has 1 saturated carbocycles. The van der Waals surface area contributed by atoms with Gasteiger partial charge in [-0.3, -0.25) is 4.79 Å². The first-order valence-corrected chi connectivity index (χ1v) is 7.21. The lowest BCUT2D eigenvalue weighted by atomic mass is 9.99. The molecule has 1 aliphatic carbocycles. The Labute approximate surface area is 112 Å². The highest BCUT2D eigenvalue weighted by Gasteiger charge is 2.27. The Morgan fingerprint density at radius 3 is 2.61 bits per heavy atom. The van der Waals surface area contributed by atoms with E-state index in [1.807, 2.05) is 10.8 Å². The smallest absolute Gasteiger partial charge is 0.293 e. The molecule has 98 valence electrons. The lowest BCUT2D eigenvalue weighted by Gasteiger charge is -2.31. The second-order valence-corrected chi connectivity index (χ2v) is 5.59. The minimum Gasteiger partial charge on any atom is -0.352 e. The van der Waals surface area contributed by atoms with Crippen LogP contribution in [0.2, 0.25) is 0 Å². The Kier molecular flexibility index (Phi) is 3.29. The molecule has 1 saturated heterocycles. The van der Waals surface area contributed by atoms with Crippen LogP contribution < -0.4 is 10.5 Å². The number of nitrogens with zero attached hydrogens (tertiary/aromatic N) is 3. The van der Waals surface area contributed by atoms with Crippen LogP contribution in [0.5, 0.6) is 0 Å². The summed E-state index contributed by atoms with van der Waals surface area (Å²) < 4.78 is 1.84. The maximum absolute atomic E-state index is 12.3. The molecule has 0 unspecified atom stereocenters. The zero-order chi connectivity index (χ0) is 12.5. The lowest BCUT2D eigenvalue weighted by Crippen LogP contribution is -2.39. The SMILES string of the molecule is O=c1c(N2CCC(CCl)CC2)nccn1C1CC1. The van der Waals surface area contributed by atoms with Gasteiger partial charge in [0.2, 0.25) is 0 Å². The van der Waals surface area contributed by atoms with Gasteiger partial charge in [-0.25, -0.2) is 4.98 Å². The van der Waals surface area contributed by atoms with Crippen molar-refractivity contribution in [1.82, 2.24) is 9.55 Å². The third-order valence-corrected chi connectivity index (χ3v) is 4.36. The number of aromatic nitrogens is 2. The highest BCUT2D eigenvalue weighted by molar-refractivity contribution is 6.18. The molecule has 1 aromatic heterocycles. The Hall–Kier alpha value is -1.03. The monoisotopic (exact) mass is 267 g/mol. The van der Waals surface area contributed by atoms with E-state index in [4.69, 9.17) is 11.6 Å². The number of alkyl halides is 1. The van der Waals surface area contributed by atoms with Crippen LogP contribution in [0.4, 0.5) is 5.82 Å². The van der Waals surface area contributed by atoms with Crippen molar-refractivity contribution < 1.29 is 0 Å². The van der Waals surface area contributed by atoms with Crippen LogP contribution in [0.15, 0.2) is 17.2 Å². The molecule has 2 heterocycles. The van der Waals surface area contributed by atoms with Gasteiger partial charge in [-0.2, -0.15) is 0 Å². The fourth-order valence-corrected chi connectivity index (χ4v) is 2.88. The molecule has 5 heteroatoms. The van der Waals surface area contributed by atoms with Crippen LogP contribution in [0.25, 0.3) is 0 Å². The van der Waals surface area contributed by atoms with E-state index in [-0.39, 0.29) is 5.56 Å². The minimum atomic E-state index is 0.0734. The predicted molar refractivity (Wildman–Crippen MR) is 72.4 cm³/mol. The Morgan fingerprint density at radius 1 is 1.28 bits per heavy atom. The van der Waals surface area contributed by atoms with Gasteiger partial charge in [-0.15, -0.1) is 11.6 Å². The highest BCUT2D eigenvalue weighted by Crippen LogP contribution is 2.33. The molecule has 0 N–H and O–H groups in total. The van der Waals surface area contributed by atoms with E-state index in [0.29, 0.717) is 17.8 Å². The zero-order valence-electron chi connectivity index (χ0n) is 10.4. The molecular formula is C13H18ClN3O. The van der Waals surface area contributed by atoms with Crippen LogP contribution in [-0.2, 0) is 0 Å². The van der Waals surface area contributed by atoms with Gasteiger partial charge in [0.15, 0.2) is 5.82 Å². The summed E-state index contributed by atoms with van der Waals surface area (Å²) in [5, 5.41) is 0. The number of halogens is 1. The van der Waals surface area contributed by atoms with Gasteiger partial charge in [0, 0.05) is 37.4 Å². The Bertz CT molecular complexity index is 475. The molecule has 0 bridgehead atoms. The van der Waals surface area contributed by atoms with Crippen molar-refractivity contribution in [2.75, 3.05) is 23.9 Å². The molecule has 1 aliphatic heterocycles. The summed E-state index contributed by atoms with van der Waals surface area (Å²) >= 11 is 5.88. The molecule has 0 amide bonds. The average molecular weight is 268 g/mol. The van der Waals surface area contributed by atoms with Crippen LogP contribution in [-0.4, -0.2) is 28.5 Å². The van der Waals surface area contributed by atoms with Crippen LogP contribution in [0, 0.1) is 5.92 Å². The highest BCUT2D eigenvalue weighted by atomic mass is 35.5. The first-order chi connectivity index (χ1) is 8.79. The maximum atomic E-state index is 12.3. The van der Waals surface area contributed by atoms with E-state index < -0.39 is 0 Å². The quantitative estimate of drug-likeness (QED) is 0.787. The summed E-state index contributed by atoms with van der Waals surface area (Å²) in [5.74, 6) is 1.94. The average Bonchev–Trinajstić information content (AvgIpc) is 3.24. The van der Waals surface area contributed by atoms with E-state index in [9.17, 15) is 4.79 Å². The molecule has 18 heavy (non-hydrogen) atoms. The topological polar surface area (TPSA) is 38.1 Å². The van der Waals surface area contributed by atoms with Crippen molar-refractivity contribution >= 4 is 17.4 Å². The van der Waals surface area contributed by atoms with Crippen molar-refractivity contribution in [2.24, 2.45) is 5.92 Å². The fraction of sp³-hybridized carbons (Fsp3) is 0.692. The third-order valence-electron chi connectivity index (χ3n) is 3.92. The number of hydrogen-bond acceptors (Lipinski definition) is 3. The molecule has 0 radical (unpaired) electrons. The van der Waals surface area contributed by atoms with Gasteiger partial charge in [0.05, 0.1) is 0 Å². The summed E-state index contributed by atoms with van der Waals surface area (Å²) in [7, 11) is 0. The normalized spacial score (nSPS) is 21.3. The van der Waals surface area contributed by atoms with Gasteiger partial charge in [0.25, 0.3) is 5.56 Å².